The molecule has 2 atom stereocenters. The molecule has 0 bridgehead atoms. The summed E-state index contributed by atoms with van der Waals surface area (Å²) in [5, 5.41) is 8.34. The normalized spacial score (nSPS) is 14.8. The summed E-state index contributed by atoms with van der Waals surface area (Å²) in [5.74, 6) is -3.85. The Morgan fingerprint density at radius 1 is 1.00 bits per heavy atom. The van der Waals surface area contributed by atoms with Gasteiger partial charge in [0.15, 0.2) is 11.6 Å². The second kappa shape index (κ2) is 11.3. The summed E-state index contributed by atoms with van der Waals surface area (Å²) in [6, 6.07) is 12.2. The van der Waals surface area contributed by atoms with E-state index < -0.39 is 47.1 Å². The fourth-order valence-corrected chi connectivity index (χ4v) is 4.32. The maximum Gasteiger partial charge on any atom is 0.243 e. The van der Waals surface area contributed by atoms with Crippen molar-refractivity contribution < 1.29 is 32.7 Å². The van der Waals surface area contributed by atoms with Gasteiger partial charge in [0, 0.05) is 30.0 Å². The highest BCUT2D eigenvalue weighted by Crippen LogP contribution is 2.37. The molecule has 1 aliphatic rings. The van der Waals surface area contributed by atoms with Gasteiger partial charge in [-0.3, -0.25) is 19.2 Å². The van der Waals surface area contributed by atoms with Crippen LogP contribution in [0.1, 0.15) is 44.8 Å². The Morgan fingerprint density at radius 3 is 2.39 bits per heavy atom. The van der Waals surface area contributed by atoms with Crippen LogP contribution in [0.5, 0.6) is 0 Å². The quantitative estimate of drug-likeness (QED) is 0.390. The number of ketones is 2. The van der Waals surface area contributed by atoms with Crippen LogP contribution in [0.15, 0.2) is 60.7 Å². The Hall–Kier alpha value is -4.44. The predicted octanol–water partition coefficient (Wildman–Crippen LogP) is 3.64. The van der Waals surface area contributed by atoms with E-state index in [9.17, 15) is 28.0 Å². The number of benzene rings is 3. The van der Waals surface area contributed by atoms with Crippen LogP contribution in [-0.4, -0.2) is 43.1 Å². The number of nitrogens with one attached hydrogen (secondary N) is 3. The molecule has 38 heavy (non-hydrogen) atoms. The predicted molar refractivity (Wildman–Crippen MR) is 135 cm³/mol. The van der Waals surface area contributed by atoms with Crippen molar-refractivity contribution in [2.24, 2.45) is 0 Å². The minimum absolute atomic E-state index is 0.108. The SMILES string of the molecule is COCC(=O)c1cccc2c1C(=O)C(NC(=O)[C@H](C)NC(=O)Cc1cc(F)cc(F)c1)c1ccccc1N2. The van der Waals surface area contributed by atoms with Crippen LogP contribution in [0.4, 0.5) is 20.2 Å². The van der Waals surface area contributed by atoms with Gasteiger partial charge in [0.25, 0.3) is 0 Å². The van der Waals surface area contributed by atoms with E-state index in [1.807, 2.05) is 0 Å². The van der Waals surface area contributed by atoms with Crippen LogP contribution in [0.3, 0.4) is 0 Å². The van der Waals surface area contributed by atoms with Crippen LogP contribution in [-0.2, 0) is 20.7 Å². The maximum atomic E-state index is 13.8. The number of rotatable bonds is 8. The van der Waals surface area contributed by atoms with E-state index >= 15 is 0 Å². The van der Waals surface area contributed by atoms with Gasteiger partial charge in [-0.05, 0) is 36.8 Å². The van der Waals surface area contributed by atoms with Crippen LogP contribution in [0, 0.1) is 11.6 Å². The molecule has 1 aliphatic heterocycles. The molecule has 0 saturated heterocycles. The molecule has 0 aromatic heterocycles. The molecule has 1 heterocycles. The Labute approximate surface area is 217 Å². The Morgan fingerprint density at radius 2 is 1.68 bits per heavy atom. The molecule has 4 rings (SSSR count). The van der Waals surface area contributed by atoms with Crippen LogP contribution < -0.4 is 16.0 Å². The third kappa shape index (κ3) is 5.76. The number of Topliss-reactive ketones (excluding diaryl/α,β-unsaturated/α-hetero) is 2. The van der Waals surface area contributed by atoms with E-state index in [1.54, 1.807) is 36.4 Å². The lowest BCUT2D eigenvalue weighted by molar-refractivity contribution is -0.128. The van der Waals surface area contributed by atoms with E-state index in [0.717, 1.165) is 12.1 Å². The average Bonchev–Trinajstić information content (AvgIpc) is 2.97. The Balaban J connectivity index is 1.58. The van der Waals surface area contributed by atoms with E-state index in [-0.39, 0.29) is 29.7 Å². The number of para-hydroxylation sites is 1. The van der Waals surface area contributed by atoms with E-state index in [4.69, 9.17) is 4.74 Å². The van der Waals surface area contributed by atoms with Crippen molar-refractivity contribution in [3.63, 3.8) is 0 Å². The number of carbonyl (C=O) groups excluding carboxylic acids is 4. The first-order valence-electron chi connectivity index (χ1n) is 11.8. The van der Waals surface area contributed by atoms with Crippen molar-refractivity contribution in [1.29, 1.82) is 0 Å². The van der Waals surface area contributed by atoms with Gasteiger partial charge in [0.05, 0.1) is 17.7 Å². The first kappa shape index (κ1) is 26.6. The van der Waals surface area contributed by atoms with Crippen LogP contribution in [0.25, 0.3) is 0 Å². The zero-order valence-electron chi connectivity index (χ0n) is 20.6. The number of amides is 2. The molecule has 3 aromatic rings. The molecule has 8 nitrogen and oxygen atoms in total. The number of carbonyl (C=O) groups is 4. The van der Waals surface area contributed by atoms with Crippen molar-refractivity contribution in [2.45, 2.75) is 25.4 Å². The molecule has 0 saturated carbocycles. The Kier molecular flexibility index (Phi) is 7.92. The summed E-state index contributed by atoms with van der Waals surface area (Å²) in [7, 11) is 1.37. The maximum absolute atomic E-state index is 13.8. The highest BCUT2D eigenvalue weighted by atomic mass is 19.1. The smallest absolute Gasteiger partial charge is 0.243 e. The molecule has 10 heteroatoms. The highest BCUT2D eigenvalue weighted by molar-refractivity contribution is 6.16. The summed E-state index contributed by atoms with van der Waals surface area (Å²) >= 11 is 0. The second-order valence-corrected chi connectivity index (χ2v) is 8.85. The van der Waals surface area contributed by atoms with Gasteiger partial charge in [-0.15, -0.1) is 0 Å². The summed E-state index contributed by atoms with van der Waals surface area (Å²) in [6.07, 6.45) is -0.347. The molecular formula is C28H25F2N3O5. The van der Waals surface area contributed by atoms with E-state index in [0.29, 0.717) is 23.0 Å². The number of hydrogen-bond donors (Lipinski definition) is 3. The summed E-state index contributed by atoms with van der Waals surface area (Å²) in [5.41, 5.74) is 1.81. The summed E-state index contributed by atoms with van der Waals surface area (Å²) in [4.78, 5) is 52.1. The minimum atomic E-state index is -1.17. The van der Waals surface area contributed by atoms with Gasteiger partial charge < -0.3 is 20.7 Å². The monoisotopic (exact) mass is 521 g/mol. The van der Waals surface area contributed by atoms with Gasteiger partial charge in [0.1, 0.15) is 30.3 Å². The third-order valence-electron chi connectivity index (χ3n) is 6.03. The number of ether oxygens (including phenoxy) is 1. The standard InChI is InChI=1S/C28H25F2N3O5/c1-15(31-24(35)12-16-10-17(29)13-18(30)11-16)28(37)33-26-19-6-3-4-8-21(19)32-22-9-5-7-20(23(34)14-38-2)25(22)27(26)36/h3-11,13,15,26,32H,12,14H2,1-2H3,(H,31,35)(H,33,37)/t15-,26?/m0/s1. The molecule has 0 aliphatic carbocycles. The first-order chi connectivity index (χ1) is 18.2. The van der Waals surface area contributed by atoms with Crippen LogP contribution >= 0.6 is 0 Å². The molecule has 0 fully saturated rings. The lowest BCUT2D eigenvalue weighted by Gasteiger charge is -2.21. The van der Waals surface area contributed by atoms with Gasteiger partial charge in [-0.25, -0.2) is 8.78 Å². The lowest BCUT2D eigenvalue weighted by Crippen LogP contribution is -2.47. The molecule has 3 aromatic carbocycles. The van der Waals surface area contributed by atoms with Crippen LogP contribution in [0.2, 0.25) is 0 Å². The molecule has 0 spiro atoms. The van der Waals surface area contributed by atoms with Gasteiger partial charge in [0.2, 0.25) is 11.8 Å². The molecule has 3 N–H and O–H groups in total. The minimum Gasteiger partial charge on any atom is -0.377 e. The van der Waals surface area contributed by atoms with Gasteiger partial charge in [-0.2, -0.15) is 0 Å². The summed E-state index contributed by atoms with van der Waals surface area (Å²) in [6.45, 7) is 1.19. The van der Waals surface area contributed by atoms with Gasteiger partial charge >= 0.3 is 0 Å². The average molecular weight is 522 g/mol. The van der Waals surface area contributed by atoms with Crippen molar-refractivity contribution in [2.75, 3.05) is 19.0 Å². The first-order valence-corrected chi connectivity index (χ1v) is 11.8. The van der Waals surface area contributed by atoms with Gasteiger partial charge in [-0.1, -0.05) is 30.3 Å². The number of fused-ring (bicyclic) bond motifs is 2. The second-order valence-electron chi connectivity index (χ2n) is 8.85. The number of halogens is 2. The summed E-state index contributed by atoms with van der Waals surface area (Å²) < 4.78 is 31.9. The third-order valence-corrected chi connectivity index (χ3v) is 6.03. The molecular weight excluding hydrogens is 496 g/mol. The van der Waals surface area contributed by atoms with Crippen molar-refractivity contribution >= 4 is 34.8 Å². The fraction of sp³-hybridized carbons (Fsp3) is 0.214. The number of methoxy groups -OCH3 is 1. The van der Waals surface area contributed by atoms with E-state index in [1.165, 1.54) is 20.1 Å². The van der Waals surface area contributed by atoms with Crippen molar-refractivity contribution in [3.05, 3.63) is 94.6 Å². The highest BCUT2D eigenvalue weighted by Gasteiger charge is 2.34. The van der Waals surface area contributed by atoms with E-state index in [2.05, 4.69) is 16.0 Å². The zero-order chi connectivity index (χ0) is 27.4. The van der Waals surface area contributed by atoms with Crippen molar-refractivity contribution in [3.8, 4) is 0 Å². The molecule has 0 radical (unpaired) electrons. The number of hydrogen-bond acceptors (Lipinski definition) is 6. The molecule has 196 valence electrons. The number of anilines is 2. The zero-order valence-corrected chi connectivity index (χ0v) is 20.6. The topological polar surface area (TPSA) is 114 Å². The lowest BCUT2D eigenvalue weighted by atomic mass is 9.92. The largest absolute Gasteiger partial charge is 0.377 e. The van der Waals surface area contributed by atoms with Crippen molar-refractivity contribution in [1.82, 2.24) is 10.6 Å². The molecule has 2 amide bonds. The Bertz CT molecular complexity index is 1410. The fourth-order valence-electron chi connectivity index (χ4n) is 4.32. The molecule has 1 unspecified atom stereocenters.